The maximum Gasteiger partial charge on any atom is 0.265 e. The first-order valence-electron chi connectivity index (χ1n) is 5.50. The zero-order valence-corrected chi connectivity index (χ0v) is 10.0. The first-order valence-corrected chi connectivity index (χ1v) is 5.50. The molecule has 2 amide bonds. The first-order chi connectivity index (χ1) is 8.10. The molecule has 0 aliphatic rings. The van der Waals surface area contributed by atoms with Crippen molar-refractivity contribution in [3.63, 3.8) is 0 Å². The van der Waals surface area contributed by atoms with Crippen molar-refractivity contribution in [1.29, 1.82) is 0 Å². The van der Waals surface area contributed by atoms with Crippen LogP contribution < -0.4 is 16.6 Å². The molecule has 0 bridgehead atoms. The maximum atomic E-state index is 11.7. The number of nitrogens with two attached hydrogens (primary N) is 1. The van der Waals surface area contributed by atoms with Crippen molar-refractivity contribution in [3.8, 4) is 0 Å². The monoisotopic (exact) mass is 235 g/mol. The Balaban J connectivity index is 2.96. The molecular weight excluding hydrogens is 218 g/mol. The van der Waals surface area contributed by atoms with Gasteiger partial charge in [-0.1, -0.05) is 13.0 Å². The summed E-state index contributed by atoms with van der Waals surface area (Å²) in [4.78, 5) is 23.2. The Morgan fingerprint density at radius 2 is 2.00 bits per heavy atom. The second kappa shape index (κ2) is 6.00. The third-order valence-electron chi connectivity index (χ3n) is 2.41. The van der Waals surface area contributed by atoms with E-state index in [0.717, 1.165) is 12.0 Å². The molecular formula is C12H17N3O2. The van der Waals surface area contributed by atoms with Crippen molar-refractivity contribution in [2.45, 2.75) is 20.3 Å². The standard InChI is InChI=1S/C12H17N3O2/c1-3-6-14-11(16)9-5-4-8(2)10(7-9)12(17)15-13/h4-5,7H,3,6,13H2,1-2H3,(H,14,16)(H,15,17). The number of hydrogen-bond acceptors (Lipinski definition) is 3. The summed E-state index contributed by atoms with van der Waals surface area (Å²) in [6, 6.07) is 4.96. The molecule has 1 aromatic carbocycles. The fourth-order valence-corrected chi connectivity index (χ4v) is 1.43. The minimum Gasteiger partial charge on any atom is -0.352 e. The van der Waals surface area contributed by atoms with Gasteiger partial charge in [-0.05, 0) is 31.0 Å². The number of aryl methyl sites for hydroxylation is 1. The van der Waals surface area contributed by atoms with Gasteiger partial charge in [-0.2, -0.15) is 0 Å². The lowest BCUT2D eigenvalue weighted by Gasteiger charge is -2.08. The second-order valence-corrected chi connectivity index (χ2v) is 3.76. The number of hydrogen-bond donors (Lipinski definition) is 3. The van der Waals surface area contributed by atoms with E-state index >= 15 is 0 Å². The number of carbonyl (C=O) groups excluding carboxylic acids is 2. The van der Waals surface area contributed by atoms with Crippen molar-refractivity contribution >= 4 is 11.8 Å². The van der Waals surface area contributed by atoms with Gasteiger partial charge in [-0.15, -0.1) is 0 Å². The minimum atomic E-state index is -0.396. The van der Waals surface area contributed by atoms with Crippen LogP contribution in [0.5, 0.6) is 0 Å². The highest BCUT2D eigenvalue weighted by molar-refractivity contribution is 6.00. The van der Waals surface area contributed by atoms with Gasteiger partial charge >= 0.3 is 0 Å². The smallest absolute Gasteiger partial charge is 0.265 e. The fourth-order valence-electron chi connectivity index (χ4n) is 1.43. The van der Waals surface area contributed by atoms with Crippen molar-refractivity contribution in [2.24, 2.45) is 5.84 Å². The molecule has 92 valence electrons. The van der Waals surface area contributed by atoms with E-state index in [1.807, 2.05) is 6.92 Å². The van der Waals surface area contributed by atoms with Crippen molar-refractivity contribution < 1.29 is 9.59 Å². The lowest BCUT2D eigenvalue weighted by molar-refractivity contribution is 0.0952. The molecule has 0 atom stereocenters. The number of rotatable bonds is 4. The van der Waals surface area contributed by atoms with Crippen LogP contribution in [-0.2, 0) is 0 Å². The molecule has 4 N–H and O–H groups in total. The van der Waals surface area contributed by atoms with E-state index in [9.17, 15) is 9.59 Å². The highest BCUT2D eigenvalue weighted by Crippen LogP contribution is 2.11. The maximum absolute atomic E-state index is 11.7. The van der Waals surface area contributed by atoms with E-state index < -0.39 is 5.91 Å². The average molecular weight is 235 g/mol. The molecule has 17 heavy (non-hydrogen) atoms. The molecule has 0 fully saturated rings. The summed E-state index contributed by atoms with van der Waals surface area (Å²) >= 11 is 0. The van der Waals surface area contributed by atoms with Crippen LogP contribution in [0.2, 0.25) is 0 Å². The van der Waals surface area contributed by atoms with Gasteiger partial charge in [0, 0.05) is 17.7 Å². The number of nitrogens with one attached hydrogen (secondary N) is 2. The molecule has 0 radical (unpaired) electrons. The van der Waals surface area contributed by atoms with Gasteiger partial charge in [-0.25, -0.2) is 5.84 Å². The zero-order valence-electron chi connectivity index (χ0n) is 10.0. The number of nitrogen functional groups attached to an aromatic ring is 1. The second-order valence-electron chi connectivity index (χ2n) is 3.76. The topological polar surface area (TPSA) is 84.2 Å². The summed E-state index contributed by atoms with van der Waals surface area (Å²) in [6.07, 6.45) is 0.869. The van der Waals surface area contributed by atoms with E-state index in [1.54, 1.807) is 25.1 Å². The van der Waals surface area contributed by atoms with Gasteiger partial charge < -0.3 is 5.32 Å². The van der Waals surface area contributed by atoms with E-state index in [-0.39, 0.29) is 5.91 Å². The van der Waals surface area contributed by atoms with Gasteiger partial charge in [-0.3, -0.25) is 15.0 Å². The SMILES string of the molecule is CCCNC(=O)c1ccc(C)c(C(=O)NN)c1. The number of benzene rings is 1. The summed E-state index contributed by atoms with van der Waals surface area (Å²) in [5.41, 5.74) is 3.71. The first kappa shape index (κ1) is 13.2. The average Bonchev–Trinajstić information content (AvgIpc) is 2.35. The van der Waals surface area contributed by atoms with Crippen LogP contribution in [0, 0.1) is 6.92 Å². The fraction of sp³-hybridized carbons (Fsp3) is 0.333. The highest BCUT2D eigenvalue weighted by atomic mass is 16.2. The number of amides is 2. The summed E-state index contributed by atoms with van der Waals surface area (Å²) in [6.45, 7) is 4.38. The molecule has 0 saturated carbocycles. The third kappa shape index (κ3) is 3.29. The van der Waals surface area contributed by atoms with Crippen molar-refractivity contribution in [2.75, 3.05) is 6.54 Å². The van der Waals surface area contributed by atoms with Crippen LogP contribution >= 0.6 is 0 Å². The molecule has 0 aromatic heterocycles. The van der Waals surface area contributed by atoms with Gasteiger partial charge in [0.25, 0.3) is 11.8 Å². The van der Waals surface area contributed by atoms with Gasteiger partial charge in [0.1, 0.15) is 0 Å². The van der Waals surface area contributed by atoms with Crippen LogP contribution in [0.25, 0.3) is 0 Å². The predicted molar refractivity (Wildman–Crippen MR) is 65.5 cm³/mol. The van der Waals surface area contributed by atoms with E-state index in [2.05, 4.69) is 10.7 Å². The van der Waals surface area contributed by atoms with Gasteiger partial charge in [0.2, 0.25) is 0 Å². The molecule has 0 unspecified atom stereocenters. The van der Waals surface area contributed by atoms with E-state index in [0.29, 0.717) is 17.7 Å². The highest BCUT2D eigenvalue weighted by Gasteiger charge is 2.11. The lowest BCUT2D eigenvalue weighted by atomic mass is 10.0. The van der Waals surface area contributed by atoms with Crippen LogP contribution in [0.4, 0.5) is 0 Å². The normalized spacial score (nSPS) is 9.82. The Kier molecular flexibility index (Phi) is 4.66. The molecule has 0 saturated heterocycles. The predicted octanol–water partition coefficient (Wildman–Crippen LogP) is 0.738. The molecule has 1 rings (SSSR count). The van der Waals surface area contributed by atoms with Crippen molar-refractivity contribution in [3.05, 3.63) is 34.9 Å². The molecule has 0 aliphatic heterocycles. The lowest BCUT2D eigenvalue weighted by Crippen LogP contribution is -2.31. The summed E-state index contributed by atoms with van der Waals surface area (Å²) in [5.74, 6) is 4.50. The summed E-state index contributed by atoms with van der Waals surface area (Å²) < 4.78 is 0. The van der Waals surface area contributed by atoms with Crippen LogP contribution in [0.15, 0.2) is 18.2 Å². The Hall–Kier alpha value is -1.88. The van der Waals surface area contributed by atoms with Crippen LogP contribution in [-0.4, -0.2) is 18.4 Å². The Bertz CT molecular complexity index is 430. The zero-order chi connectivity index (χ0) is 12.8. The minimum absolute atomic E-state index is 0.182. The van der Waals surface area contributed by atoms with Crippen LogP contribution in [0.1, 0.15) is 39.6 Å². The summed E-state index contributed by atoms with van der Waals surface area (Å²) in [5, 5.41) is 2.75. The van der Waals surface area contributed by atoms with Crippen LogP contribution in [0.3, 0.4) is 0 Å². The Morgan fingerprint density at radius 3 is 2.59 bits per heavy atom. The number of hydrazine groups is 1. The Labute approximate surface area is 100 Å². The van der Waals surface area contributed by atoms with E-state index in [1.165, 1.54) is 0 Å². The molecule has 5 nitrogen and oxygen atoms in total. The van der Waals surface area contributed by atoms with Gasteiger partial charge in [0.15, 0.2) is 0 Å². The molecule has 0 heterocycles. The molecule has 0 aliphatic carbocycles. The molecule has 5 heteroatoms. The van der Waals surface area contributed by atoms with Crippen molar-refractivity contribution in [1.82, 2.24) is 10.7 Å². The largest absolute Gasteiger partial charge is 0.352 e. The van der Waals surface area contributed by atoms with Gasteiger partial charge in [0.05, 0.1) is 0 Å². The van der Waals surface area contributed by atoms with E-state index in [4.69, 9.17) is 5.84 Å². The summed E-state index contributed by atoms with van der Waals surface area (Å²) in [7, 11) is 0. The Morgan fingerprint density at radius 1 is 1.29 bits per heavy atom. The number of carbonyl (C=O) groups is 2. The quantitative estimate of drug-likeness (QED) is 0.409. The molecule has 1 aromatic rings. The molecule has 0 spiro atoms. The third-order valence-corrected chi connectivity index (χ3v) is 2.41.